The van der Waals surface area contributed by atoms with Crippen LogP contribution in [0.1, 0.15) is 13.2 Å². The Morgan fingerprint density at radius 1 is 1.61 bits per heavy atom. The van der Waals surface area contributed by atoms with Crippen LogP contribution in [0.25, 0.3) is 0 Å². The fraction of sp³-hybridized carbons (Fsp3) is 0.600. The van der Waals surface area contributed by atoms with Crippen LogP contribution in [0.2, 0.25) is 0 Å². The molecule has 0 aliphatic carbocycles. The zero-order valence-corrected chi connectivity index (χ0v) is 11.2. The second-order valence-electron chi connectivity index (χ2n) is 4.39. The van der Waals surface area contributed by atoms with Crippen LogP contribution in [0, 0.1) is 9.41 Å². The molecule has 1 aliphatic rings. The molecule has 0 aromatic carbocycles. The van der Waals surface area contributed by atoms with Gasteiger partial charge in [-0.3, -0.25) is 4.57 Å². The van der Waals surface area contributed by atoms with Crippen LogP contribution < -0.4 is 0 Å². The van der Waals surface area contributed by atoms with E-state index in [4.69, 9.17) is 29.2 Å². The number of aromatic nitrogens is 2. The first-order valence-electron chi connectivity index (χ1n) is 5.31. The lowest BCUT2D eigenvalue weighted by molar-refractivity contribution is -0.116. The van der Waals surface area contributed by atoms with Crippen LogP contribution in [-0.2, 0) is 4.74 Å². The molecule has 1 unspecified atom stereocenters. The van der Waals surface area contributed by atoms with E-state index < -0.39 is 30.7 Å². The highest BCUT2D eigenvalue weighted by molar-refractivity contribution is 7.72. The lowest BCUT2D eigenvalue weighted by Gasteiger charge is -2.24. The van der Waals surface area contributed by atoms with Gasteiger partial charge in [-0.25, -0.2) is 4.39 Å². The zero-order valence-electron chi connectivity index (χ0n) is 9.54. The third-order valence-corrected chi connectivity index (χ3v) is 3.58. The Morgan fingerprint density at radius 3 is 2.78 bits per heavy atom. The molecule has 3 N–H and O–H groups in total. The number of aliphatic hydroxyl groups is 2. The van der Waals surface area contributed by atoms with Crippen molar-refractivity contribution in [3.63, 3.8) is 0 Å². The Bertz CT molecular complexity index is 561. The number of rotatable bonds is 2. The summed E-state index contributed by atoms with van der Waals surface area (Å²) in [7, 11) is 0. The summed E-state index contributed by atoms with van der Waals surface area (Å²) in [5.74, 6) is 0. The molecule has 2 rings (SSSR count). The lowest BCUT2D eigenvalue weighted by Crippen LogP contribution is -2.42. The van der Waals surface area contributed by atoms with Gasteiger partial charge in [-0.05, 0) is 25.2 Å². The first kappa shape index (κ1) is 13.8. The number of hydrogen-bond donors (Lipinski definition) is 3. The van der Waals surface area contributed by atoms with Crippen molar-refractivity contribution in [3.8, 4) is 0 Å². The third-order valence-electron chi connectivity index (χ3n) is 3.03. The minimum Gasteiger partial charge on any atom is -0.393 e. The van der Waals surface area contributed by atoms with Gasteiger partial charge >= 0.3 is 0 Å². The summed E-state index contributed by atoms with van der Waals surface area (Å²) in [4.78, 5) is 2.70. The molecule has 0 saturated carbocycles. The number of aromatic amines is 1. The lowest BCUT2D eigenvalue weighted by atomic mass is 9.99. The van der Waals surface area contributed by atoms with Crippen LogP contribution in [0.5, 0.6) is 0 Å². The summed E-state index contributed by atoms with van der Waals surface area (Å²) in [5, 5.41) is 18.9. The molecule has 2 heterocycles. The predicted molar refractivity (Wildman–Crippen MR) is 67.0 cm³/mol. The van der Waals surface area contributed by atoms with Crippen molar-refractivity contribution in [3.05, 3.63) is 21.7 Å². The molecule has 0 radical (unpaired) electrons. The molecule has 4 atom stereocenters. The maximum absolute atomic E-state index is 14.0. The van der Waals surface area contributed by atoms with E-state index in [-0.39, 0.29) is 4.77 Å². The highest BCUT2D eigenvalue weighted by Crippen LogP contribution is 2.38. The summed E-state index contributed by atoms with van der Waals surface area (Å²) < 4.78 is 21.4. The smallest absolute Gasteiger partial charge is 0.180 e. The molecule has 1 saturated heterocycles. The summed E-state index contributed by atoms with van der Waals surface area (Å²) in [6.45, 7) is 0.959. The van der Waals surface area contributed by atoms with Crippen molar-refractivity contribution in [1.82, 2.24) is 9.55 Å². The number of ether oxygens (including phenoxy) is 1. The number of halogens is 1. The Hall–Kier alpha value is -0.670. The second kappa shape index (κ2) is 4.78. The maximum atomic E-state index is 14.0. The molecule has 1 aliphatic heterocycles. The minimum atomic E-state index is -1.68. The van der Waals surface area contributed by atoms with Gasteiger partial charge in [0, 0.05) is 6.20 Å². The average Bonchev–Trinajstić information content (AvgIpc) is 2.55. The van der Waals surface area contributed by atoms with E-state index in [1.807, 2.05) is 0 Å². The van der Waals surface area contributed by atoms with Gasteiger partial charge in [0.25, 0.3) is 0 Å². The number of nitrogens with one attached hydrogen (secondary N) is 1. The summed E-state index contributed by atoms with van der Waals surface area (Å²) in [6.07, 6.45) is -2.69. The van der Waals surface area contributed by atoms with Gasteiger partial charge in [0.15, 0.2) is 17.2 Å². The zero-order chi connectivity index (χ0) is 13.5. The molecule has 5 nitrogen and oxygen atoms in total. The maximum Gasteiger partial charge on any atom is 0.180 e. The van der Waals surface area contributed by atoms with Gasteiger partial charge in [0.2, 0.25) is 0 Å². The topological polar surface area (TPSA) is 70.4 Å². The average molecular weight is 292 g/mol. The van der Waals surface area contributed by atoms with Gasteiger partial charge < -0.3 is 19.9 Å². The second-order valence-corrected chi connectivity index (χ2v) is 5.21. The molecule has 100 valence electrons. The largest absolute Gasteiger partial charge is 0.393 e. The van der Waals surface area contributed by atoms with Gasteiger partial charge in [0.05, 0.1) is 6.61 Å². The predicted octanol–water partition coefficient (Wildman–Crippen LogP) is 1.25. The molecular formula is C10H13FN2O3S2. The van der Waals surface area contributed by atoms with Gasteiger partial charge in [-0.2, -0.15) is 0 Å². The first-order chi connectivity index (χ1) is 8.39. The molecule has 18 heavy (non-hydrogen) atoms. The van der Waals surface area contributed by atoms with Crippen molar-refractivity contribution >= 4 is 24.4 Å². The van der Waals surface area contributed by atoms with E-state index in [2.05, 4.69) is 4.98 Å². The molecule has 1 aromatic heterocycles. The Kier molecular flexibility index (Phi) is 3.65. The van der Waals surface area contributed by atoms with Gasteiger partial charge in [-0.1, -0.05) is 12.2 Å². The Morgan fingerprint density at radius 2 is 2.28 bits per heavy atom. The van der Waals surface area contributed by atoms with Gasteiger partial charge in [0.1, 0.15) is 16.3 Å². The van der Waals surface area contributed by atoms with E-state index in [0.717, 1.165) is 0 Å². The number of alkyl halides is 1. The number of hydrogen-bond acceptors (Lipinski definition) is 5. The van der Waals surface area contributed by atoms with Crippen LogP contribution in [0.4, 0.5) is 4.39 Å². The van der Waals surface area contributed by atoms with Crippen LogP contribution in [-0.4, -0.2) is 44.2 Å². The molecule has 0 amide bonds. The fourth-order valence-corrected chi connectivity index (χ4v) is 2.37. The summed E-state index contributed by atoms with van der Waals surface area (Å²) in [6, 6.07) is 1.54. The van der Waals surface area contributed by atoms with E-state index in [9.17, 15) is 14.6 Å². The van der Waals surface area contributed by atoms with Crippen molar-refractivity contribution < 1.29 is 19.3 Å². The third kappa shape index (κ3) is 2.14. The normalized spacial score (nSPS) is 35.9. The van der Waals surface area contributed by atoms with Crippen LogP contribution in [0.15, 0.2) is 12.3 Å². The van der Waals surface area contributed by atoms with Crippen LogP contribution in [0.3, 0.4) is 0 Å². The monoisotopic (exact) mass is 292 g/mol. The van der Waals surface area contributed by atoms with Crippen molar-refractivity contribution in [2.75, 3.05) is 6.61 Å². The van der Waals surface area contributed by atoms with E-state index in [1.54, 1.807) is 6.07 Å². The summed E-state index contributed by atoms with van der Waals surface area (Å²) in [5.41, 5.74) is -1.34. The quantitative estimate of drug-likeness (QED) is 0.716. The fourth-order valence-electron chi connectivity index (χ4n) is 1.87. The van der Waals surface area contributed by atoms with E-state index >= 15 is 0 Å². The highest BCUT2D eigenvalue weighted by atomic mass is 32.1. The van der Waals surface area contributed by atoms with E-state index in [0.29, 0.717) is 4.64 Å². The Balaban J connectivity index is 2.41. The molecular weight excluding hydrogens is 279 g/mol. The standard InChI is InChI=1S/C10H13FN2O3S2/c1-10(4-14)7(15)6(11)8(16-10)13-3-2-5(17)12-9(13)18/h2-3,6-8,14-15H,4H2,1H3,(H,12,17,18)/t6?,7-,8-,10-/m1/s1. The van der Waals surface area contributed by atoms with Crippen molar-refractivity contribution in [1.29, 1.82) is 0 Å². The molecule has 0 spiro atoms. The first-order valence-corrected chi connectivity index (χ1v) is 6.13. The molecule has 1 fully saturated rings. The van der Waals surface area contributed by atoms with Crippen molar-refractivity contribution in [2.24, 2.45) is 0 Å². The number of H-pyrrole nitrogens is 1. The molecule has 1 aromatic rings. The van der Waals surface area contributed by atoms with E-state index in [1.165, 1.54) is 17.7 Å². The summed E-state index contributed by atoms with van der Waals surface area (Å²) >= 11 is 9.92. The van der Waals surface area contributed by atoms with Crippen molar-refractivity contribution in [2.45, 2.75) is 31.0 Å². The minimum absolute atomic E-state index is 0.199. The number of nitrogens with zero attached hydrogens (tertiary/aromatic N) is 1. The molecule has 0 bridgehead atoms. The SMILES string of the molecule is C[C@]1(CO)O[C@@H](n2ccc(=S)[nH]c2=S)C(F)[C@H]1O. The van der Waals surface area contributed by atoms with Crippen LogP contribution >= 0.6 is 24.4 Å². The molecule has 8 heteroatoms. The Labute approximate surface area is 113 Å². The van der Waals surface area contributed by atoms with Gasteiger partial charge in [-0.15, -0.1) is 0 Å². The number of aliphatic hydroxyl groups excluding tert-OH is 2. The highest BCUT2D eigenvalue weighted by Gasteiger charge is 2.52.